The molecule has 3 aliphatic heterocycles. The number of hydrogen-bond donors (Lipinski definition) is 0. The van der Waals surface area contributed by atoms with Crippen molar-refractivity contribution in [1.82, 2.24) is 0 Å². The number of nitrogens with zero attached hydrogens (tertiary/aromatic N) is 3. The molecule has 2 fully saturated rings. The Bertz CT molecular complexity index is 1800. The number of rotatable bonds is 4. The second kappa shape index (κ2) is 8.71. The number of non-ortho nitro benzene ring substituents is 1. The highest BCUT2D eigenvalue weighted by Gasteiger charge is 2.64. The van der Waals surface area contributed by atoms with Gasteiger partial charge < -0.3 is 4.90 Å². The van der Waals surface area contributed by atoms with Crippen molar-refractivity contribution in [2.75, 3.05) is 9.80 Å². The first-order valence-electron chi connectivity index (χ1n) is 13.1. The van der Waals surface area contributed by atoms with Crippen molar-refractivity contribution in [3.63, 3.8) is 0 Å². The zero-order chi connectivity index (χ0) is 27.7. The number of aryl methyl sites for hydroxylation is 1. The number of benzene rings is 4. The van der Waals surface area contributed by atoms with Crippen LogP contribution >= 0.6 is 0 Å². The second-order valence-corrected chi connectivity index (χ2v) is 10.4. The molecule has 2 saturated heterocycles. The zero-order valence-corrected chi connectivity index (χ0v) is 21.4. The second-order valence-electron chi connectivity index (χ2n) is 10.4. The molecule has 0 bridgehead atoms. The highest BCUT2D eigenvalue weighted by molar-refractivity contribution is 6.26. The minimum Gasteiger partial charge on any atom is -0.352 e. The molecule has 0 N–H and O–H groups in total. The van der Waals surface area contributed by atoms with Gasteiger partial charge in [0.1, 0.15) is 6.04 Å². The van der Waals surface area contributed by atoms with Gasteiger partial charge in [-0.2, -0.15) is 0 Å². The maximum atomic E-state index is 14.2. The molecule has 40 heavy (non-hydrogen) atoms. The van der Waals surface area contributed by atoms with E-state index in [9.17, 15) is 24.5 Å². The van der Waals surface area contributed by atoms with Gasteiger partial charge in [0.2, 0.25) is 11.8 Å². The van der Waals surface area contributed by atoms with Crippen LogP contribution in [0.15, 0.2) is 91.0 Å². The predicted octanol–water partition coefficient (Wildman–Crippen LogP) is 5.33. The van der Waals surface area contributed by atoms with E-state index in [1.165, 1.54) is 18.2 Å². The third kappa shape index (κ3) is 3.29. The molecule has 4 aromatic rings. The van der Waals surface area contributed by atoms with E-state index in [0.29, 0.717) is 11.1 Å². The Morgan fingerprint density at radius 2 is 1.57 bits per heavy atom. The quantitative estimate of drug-likeness (QED) is 0.153. The standard InChI is InChI=1S/C32H23N3O5/c1-18-11-13-21(35(39)40)17-26(18)34-31(37)27-25-16-14-23-22-10-6-5-7-19(22)12-15-24(23)33(25)29(28(27)32(34)38)30(36)20-8-3-2-4-9-20/h2-17,25,27-29H,1H3/t25-,27+,28-,29+/m1/s1. The normalized spacial score (nSPS) is 22.8. The van der Waals surface area contributed by atoms with Gasteiger partial charge in [0.15, 0.2) is 5.78 Å². The number of ketones is 1. The number of imide groups is 1. The van der Waals surface area contributed by atoms with Crippen LogP contribution in [0.2, 0.25) is 0 Å². The van der Waals surface area contributed by atoms with Crippen molar-refractivity contribution >= 4 is 51.5 Å². The van der Waals surface area contributed by atoms with Crippen molar-refractivity contribution in [1.29, 1.82) is 0 Å². The molecule has 0 radical (unpaired) electrons. The molecule has 4 atom stereocenters. The van der Waals surface area contributed by atoms with Crippen LogP contribution in [-0.4, -0.2) is 34.6 Å². The number of carbonyl (C=O) groups is 3. The molecule has 0 unspecified atom stereocenters. The molecular weight excluding hydrogens is 506 g/mol. The summed E-state index contributed by atoms with van der Waals surface area (Å²) in [5, 5.41) is 13.6. The summed E-state index contributed by atoms with van der Waals surface area (Å²) in [5.41, 5.74) is 2.72. The summed E-state index contributed by atoms with van der Waals surface area (Å²) in [6.45, 7) is 1.70. The van der Waals surface area contributed by atoms with Gasteiger partial charge in [0, 0.05) is 28.9 Å². The van der Waals surface area contributed by atoms with Crippen molar-refractivity contribution in [3.8, 4) is 0 Å². The monoisotopic (exact) mass is 529 g/mol. The Morgan fingerprint density at radius 1 is 0.850 bits per heavy atom. The SMILES string of the molecule is Cc1ccc([N+](=O)[O-])cc1N1C(=O)[C@@H]2[C@@H](C1=O)[C@@H](C(=O)c1ccccc1)N1c3ccc4ccccc4c3C=C[C@H]21. The Balaban J connectivity index is 1.40. The molecule has 0 aliphatic carbocycles. The van der Waals surface area contributed by atoms with E-state index in [-0.39, 0.29) is 17.2 Å². The van der Waals surface area contributed by atoms with E-state index >= 15 is 0 Å². The first kappa shape index (κ1) is 24.0. The third-order valence-electron chi connectivity index (χ3n) is 8.38. The fourth-order valence-corrected chi connectivity index (χ4v) is 6.59. The van der Waals surface area contributed by atoms with E-state index in [1.54, 1.807) is 31.2 Å². The maximum absolute atomic E-state index is 14.2. The van der Waals surface area contributed by atoms with Gasteiger partial charge in [0.05, 0.1) is 28.5 Å². The molecule has 8 heteroatoms. The topological polar surface area (TPSA) is 101 Å². The summed E-state index contributed by atoms with van der Waals surface area (Å²) < 4.78 is 0. The van der Waals surface area contributed by atoms with Crippen LogP contribution in [0.5, 0.6) is 0 Å². The fraction of sp³-hybridized carbons (Fsp3) is 0.156. The summed E-state index contributed by atoms with van der Waals surface area (Å²) in [5.74, 6) is -2.99. The van der Waals surface area contributed by atoms with Crippen molar-refractivity contribution < 1.29 is 19.3 Å². The summed E-state index contributed by atoms with van der Waals surface area (Å²) in [4.78, 5) is 56.4. The van der Waals surface area contributed by atoms with Gasteiger partial charge in [-0.15, -0.1) is 0 Å². The van der Waals surface area contributed by atoms with E-state index < -0.39 is 40.7 Å². The zero-order valence-electron chi connectivity index (χ0n) is 21.4. The minimum atomic E-state index is -0.953. The molecule has 3 aliphatic rings. The van der Waals surface area contributed by atoms with Crippen molar-refractivity contribution in [2.24, 2.45) is 11.8 Å². The van der Waals surface area contributed by atoms with Crippen molar-refractivity contribution in [3.05, 3.63) is 118 Å². The highest BCUT2D eigenvalue weighted by Crippen LogP contribution is 2.51. The summed E-state index contributed by atoms with van der Waals surface area (Å²) in [6.07, 6.45) is 3.89. The van der Waals surface area contributed by atoms with Gasteiger partial charge in [-0.25, -0.2) is 4.90 Å². The molecule has 8 nitrogen and oxygen atoms in total. The van der Waals surface area contributed by atoms with Crippen molar-refractivity contribution in [2.45, 2.75) is 19.0 Å². The molecule has 196 valence electrons. The molecule has 7 rings (SSSR count). The maximum Gasteiger partial charge on any atom is 0.271 e. The number of nitro benzene ring substituents is 1. The average Bonchev–Trinajstić information content (AvgIpc) is 3.45. The first-order chi connectivity index (χ1) is 19.4. The molecule has 0 aromatic heterocycles. The van der Waals surface area contributed by atoms with E-state index in [1.807, 2.05) is 59.5 Å². The molecule has 2 amide bonds. The van der Waals surface area contributed by atoms with Gasteiger partial charge in [0.25, 0.3) is 5.69 Å². The van der Waals surface area contributed by atoms with Gasteiger partial charge in [-0.3, -0.25) is 24.5 Å². The summed E-state index contributed by atoms with van der Waals surface area (Å²) in [6, 6.07) is 23.4. The number of hydrogen-bond acceptors (Lipinski definition) is 6. The molecule has 0 saturated carbocycles. The first-order valence-corrected chi connectivity index (χ1v) is 13.1. The number of amides is 2. The smallest absolute Gasteiger partial charge is 0.271 e. The van der Waals surface area contributed by atoms with Gasteiger partial charge in [-0.1, -0.05) is 78.9 Å². The molecular formula is C32H23N3O5. The van der Waals surface area contributed by atoms with Crippen LogP contribution in [0.4, 0.5) is 17.1 Å². The Hall–Kier alpha value is -5.11. The fourth-order valence-electron chi connectivity index (χ4n) is 6.59. The predicted molar refractivity (Wildman–Crippen MR) is 151 cm³/mol. The van der Waals surface area contributed by atoms with E-state index in [4.69, 9.17) is 0 Å². The minimum absolute atomic E-state index is 0.183. The number of fused-ring (bicyclic) bond motifs is 7. The van der Waals surface area contributed by atoms with Crippen LogP contribution in [0, 0.1) is 28.9 Å². The lowest BCUT2D eigenvalue weighted by molar-refractivity contribution is -0.384. The lowest BCUT2D eigenvalue weighted by Gasteiger charge is -2.37. The molecule has 0 spiro atoms. The Labute approximate surface area is 229 Å². The number of anilines is 2. The van der Waals surface area contributed by atoms with Gasteiger partial charge in [-0.05, 0) is 29.3 Å². The Morgan fingerprint density at radius 3 is 2.35 bits per heavy atom. The summed E-state index contributed by atoms with van der Waals surface area (Å²) in [7, 11) is 0. The Kier molecular flexibility index (Phi) is 5.22. The van der Waals surface area contributed by atoms with E-state index in [0.717, 1.165) is 26.9 Å². The van der Waals surface area contributed by atoms with Crippen LogP contribution in [0.3, 0.4) is 0 Å². The van der Waals surface area contributed by atoms with Crippen LogP contribution in [0.25, 0.3) is 16.8 Å². The highest BCUT2D eigenvalue weighted by atomic mass is 16.6. The largest absolute Gasteiger partial charge is 0.352 e. The van der Waals surface area contributed by atoms with Crippen LogP contribution in [-0.2, 0) is 9.59 Å². The third-order valence-corrected chi connectivity index (χ3v) is 8.38. The van der Waals surface area contributed by atoms with Gasteiger partial charge >= 0.3 is 0 Å². The number of Topliss-reactive ketones (excluding diaryl/α,β-unsaturated/α-hetero) is 1. The molecule has 3 heterocycles. The van der Waals surface area contributed by atoms with Crippen LogP contribution < -0.4 is 9.80 Å². The molecule has 4 aromatic carbocycles. The lowest BCUT2D eigenvalue weighted by Crippen LogP contribution is -2.49. The lowest BCUT2D eigenvalue weighted by atomic mass is 9.86. The van der Waals surface area contributed by atoms with E-state index in [2.05, 4.69) is 0 Å². The average molecular weight is 530 g/mol. The summed E-state index contributed by atoms with van der Waals surface area (Å²) >= 11 is 0. The van der Waals surface area contributed by atoms with Crippen LogP contribution in [0.1, 0.15) is 21.5 Å². The number of nitro groups is 1. The number of carbonyl (C=O) groups excluding carboxylic acids is 3.